The molecule has 1 unspecified atom stereocenters. The summed E-state index contributed by atoms with van der Waals surface area (Å²) in [5, 5.41) is 4.14. The van der Waals surface area contributed by atoms with Crippen molar-refractivity contribution in [3.8, 4) is 0 Å². The standard InChI is InChI=1S/C15H14ClN3S/c1-9-5-3-4-6-11(9)10(2)17-14-12(16)7-8-13-15(14)19-20-18-13/h3-8,10,17H,1-2H3. The fourth-order valence-corrected chi connectivity index (χ4v) is 3.08. The number of aromatic nitrogens is 2. The van der Waals surface area contributed by atoms with Crippen LogP contribution in [0.3, 0.4) is 0 Å². The summed E-state index contributed by atoms with van der Waals surface area (Å²) in [5.74, 6) is 0. The van der Waals surface area contributed by atoms with Crippen LogP contribution in [0.1, 0.15) is 24.1 Å². The van der Waals surface area contributed by atoms with Crippen LogP contribution in [0, 0.1) is 6.92 Å². The Morgan fingerprint density at radius 3 is 2.75 bits per heavy atom. The van der Waals surface area contributed by atoms with E-state index in [9.17, 15) is 0 Å². The van der Waals surface area contributed by atoms with Crippen LogP contribution >= 0.6 is 23.3 Å². The van der Waals surface area contributed by atoms with Crippen LogP contribution in [0.4, 0.5) is 5.69 Å². The van der Waals surface area contributed by atoms with Crippen molar-refractivity contribution in [3.63, 3.8) is 0 Å². The van der Waals surface area contributed by atoms with Crippen LogP contribution in [0.2, 0.25) is 5.02 Å². The Bertz CT molecular complexity index is 754. The average molecular weight is 304 g/mol. The normalized spacial score (nSPS) is 12.6. The topological polar surface area (TPSA) is 37.8 Å². The SMILES string of the molecule is Cc1ccccc1C(C)Nc1c(Cl)ccc2nsnc12. The molecule has 1 atom stereocenters. The molecule has 0 bridgehead atoms. The van der Waals surface area contributed by atoms with Crippen LogP contribution < -0.4 is 5.32 Å². The Morgan fingerprint density at radius 1 is 1.15 bits per heavy atom. The van der Waals surface area contributed by atoms with Gasteiger partial charge in [-0.15, -0.1) is 0 Å². The molecule has 102 valence electrons. The molecule has 0 spiro atoms. The second-order valence-electron chi connectivity index (χ2n) is 4.78. The molecule has 0 amide bonds. The molecule has 1 N–H and O–H groups in total. The first-order valence-electron chi connectivity index (χ1n) is 6.39. The van der Waals surface area contributed by atoms with Gasteiger partial charge < -0.3 is 5.32 Å². The number of halogens is 1. The summed E-state index contributed by atoms with van der Waals surface area (Å²) >= 11 is 7.51. The minimum atomic E-state index is 0.154. The van der Waals surface area contributed by atoms with Crippen LogP contribution in [0.5, 0.6) is 0 Å². The maximum Gasteiger partial charge on any atom is 0.129 e. The molecule has 0 aliphatic rings. The maximum absolute atomic E-state index is 6.31. The van der Waals surface area contributed by atoms with Gasteiger partial charge in [0.25, 0.3) is 0 Å². The van der Waals surface area contributed by atoms with E-state index in [-0.39, 0.29) is 6.04 Å². The molecule has 0 saturated heterocycles. The van der Waals surface area contributed by atoms with Gasteiger partial charge in [0.05, 0.1) is 22.4 Å². The second kappa shape index (κ2) is 5.38. The molecule has 3 aromatic rings. The zero-order valence-electron chi connectivity index (χ0n) is 11.2. The molecule has 0 radical (unpaired) electrons. The van der Waals surface area contributed by atoms with Crippen molar-refractivity contribution in [1.82, 2.24) is 8.75 Å². The largest absolute Gasteiger partial charge is 0.375 e. The molecule has 1 heterocycles. The molecule has 0 aliphatic carbocycles. The predicted octanol–water partition coefficient (Wildman–Crippen LogP) is 4.83. The third-order valence-corrected chi connectivity index (χ3v) is 4.25. The van der Waals surface area contributed by atoms with Gasteiger partial charge in [0.2, 0.25) is 0 Å². The minimum absolute atomic E-state index is 0.154. The number of benzene rings is 2. The molecule has 0 aliphatic heterocycles. The molecule has 3 nitrogen and oxygen atoms in total. The zero-order valence-corrected chi connectivity index (χ0v) is 12.8. The molecule has 0 saturated carbocycles. The lowest BCUT2D eigenvalue weighted by molar-refractivity contribution is 0.876. The van der Waals surface area contributed by atoms with Gasteiger partial charge in [0.1, 0.15) is 11.0 Å². The zero-order chi connectivity index (χ0) is 14.1. The maximum atomic E-state index is 6.31. The van der Waals surface area contributed by atoms with Gasteiger partial charge in [-0.2, -0.15) is 8.75 Å². The Balaban J connectivity index is 1.99. The van der Waals surface area contributed by atoms with E-state index >= 15 is 0 Å². The highest BCUT2D eigenvalue weighted by Gasteiger charge is 2.14. The van der Waals surface area contributed by atoms with E-state index in [0.717, 1.165) is 16.7 Å². The Kier molecular flexibility index (Phi) is 3.59. The fraction of sp³-hybridized carbons (Fsp3) is 0.200. The fourth-order valence-electron chi connectivity index (χ4n) is 2.33. The van der Waals surface area contributed by atoms with Crippen molar-refractivity contribution in [3.05, 3.63) is 52.5 Å². The highest BCUT2D eigenvalue weighted by atomic mass is 35.5. The second-order valence-corrected chi connectivity index (χ2v) is 5.71. The summed E-state index contributed by atoms with van der Waals surface area (Å²) in [5.41, 5.74) is 5.08. The summed E-state index contributed by atoms with van der Waals surface area (Å²) in [6.07, 6.45) is 0. The number of rotatable bonds is 3. The van der Waals surface area contributed by atoms with Gasteiger partial charge in [-0.25, -0.2) is 0 Å². The molecule has 2 aromatic carbocycles. The molecular weight excluding hydrogens is 290 g/mol. The number of hydrogen-bond acceptors (Lipinski definition) is 4. The van der Waals surface area contributed by atoms with Crippen LogP contribution in [0.25, 0.3) is 11.0 Å². The van der Waals surface area contributed by atoms with E-state index in [1.54, 1.807) is 0 Å². The number of fused-ring (bicyclic) bond motifs is 1. The molecule has 20 heavy (non-hydrogen) atoms. The number of nitrogens with one attached hydrogen (secondary N) is 1. The van der Waals surface area contributed by atoms with Crippen LogP contribution in [-0.2, 0) is 0 Å². The molecule has 3 rings (SSSR count). The number of nitrogens with zero attached hydrogens (tertiary/aromatic N) is 2. The first-order chi connectivity index (χ1) is 9.66. The predicted molar refractivity (Wildman–Crippen MR) is 85.6 cm³/mol. The van der Waals surface area contributed by atoms with E-state index in [1.165, 1.54) is 22.9 Å². The number of hydrogen-bond donors (Lipinski definition) is 1. The summed E-state index contributed by atoms with van der Waals surface area (Å²) < 4.78 is 8.58. The first-order valence-corrected chi connectivity index (χ1v) is 7.50. The summed E-state index contributed by atoms with van der Waals surface area (Å²) in [4.78, 5) is 0. The van der Waals surface area contributed by atoms with Crippen molar-refractivity contribution in [2.24, 2.45) is 0 Å². The smallest absolute Gasteiger partial charge is 0.129 e. The lowest BCUT2D eigenvalue weighted by atomic mass is 10.0. The lowest BCUT2D eigenvalue weighted by Gasteiger charge is -2.18. The van der Waals surface area contributed by atoms with Crippen molar-refractivity contribution in [1.29, 1.82) is 0 Å². The minimum Gasteiger partial charge on any atom is -0.375 e. The molecule has 1 aromatic heterocycles. The molecule has 5 heteroatoms. The summed E-state index contributed by atoms with van der Waals surface area (Å²) in [7, 11) is 0. The van der Waals surface area contributed by atoms with E-state index in [2.05, 4.69) is 40.0 Å². The van der Waals surface area contributed by atoms with Crippen LogP contribution in [-0.4, -0.2) is 8.75 Å². The van der Waals surface area contributed by atoms with Crippen molar-refractivity contribution < 1.29 is 0 Å². The van der Waals surface area contributed by atoms with Gasteiger partial charge in [-0.05, 0) is 37.1 Å². The van der Waals surface area contributed by atoms with Gasteiger partial charge in [0, 0.05) is 6.04 Å². The highest BCUT2D eigenvalue weighted by molar-refractivity contribution is 7.00. The van der Waals surface area contributed by atoms with Gasteiger partial charge in [-0.3, -0.25) is 0 Å². The molecule has 0 fully saturated rings. The Hall–Kier alpha value is -1.65. The van der Waals surface area contributed by atoms with E-state index in [0.29, 0.717) is 5.02 Å². The Morgan fingerprint density at radius 2 is 1.95 bits per heavy atom. The van der Waals surface area contributed by atoms with Crippen LogP contribution in [0.15, 0.2) is 36.4 Å². The van der Waals surface area contributed by atoms with Crippen molar-refractivity contribution in [2.45, 2.75) is 19.9 Å². The lowest BCUT2D eigenvalue weighted by Crippen LogP contribution is -2.08. The average Bonchev–Trinajstić information content (AvgIpc) is 2.91. The quantitative estimate of drug-likeness (QED) is 0.753. The van der Waals surface area contributed by atoms with Gasteiger partial charge >= 0.3 is 0 Å². The van der Waals surface area contributed by atoms with Gasteiger partial charge in [0.15, 0.2) is 0 Å². The number of aryl methyl sites for hydroxylation is 1. The van der Waals surface area contributed by atoms with Gasteiger partial charge in [-0.1, -0.05) is 35.9 Å². The summed E-state index contributed by atoms with van der Waals surface area (Å²) in [6.45, 7) is 4.23. The van der Waals surface area contributed by atoms with E-state index < -0.39 is 0 Å². The third-order valence-electron chi connectivity index (χ3n) is 3.39. The Labute approximate surface area is 126 Å². The monoisotopic (exact) mass is 303 g/mol. The molecular formula is C15H14ClN3S. The van der Waals surface area contributed by atoms with E-state index in [4.69, 9.17) is 11.6 Å². The third kappa shape index (κ3) is 2.37. The van der Waals surface area contributed by atoms with Crippen molar-refractivity contribution >= 4 is 40.0 Å². The first kappa shape index (κ1) is 13.3. The van der Waals surface area contributed by atoms with Crippen molar-refractivity contribution in [2.75, 3.05) is 5.32 Å². The highest BCUT2D eigenvalue weighted by Crippen LogP contribution is 2.33. The van der Waals surface area contributed by atoms with E-state index in [1.807, 2.05) is 24.3 Å². The number of anilines is 1. The summed E-state index contributed by atoms with van der Waals surface area (Å²) in [6, 6.07) is 12.2.